The number of aromatic amines is 1. The molecule has 8 nitrogen and oxygen atoms in total. The number of benzene rings is 2. The summed E-state index contributed by atoms with van der Waals surface area (Å²) in [6.45, 7) is 7.95. The van der Waals surface area contributed by atoms with Crippen LogP contribution in [0.5, 0.6) is 0 Å². The Morgan fingerprint density at radius 2 is 1.93 bits per heavy atom. The molecule has 2 atom stereocenters. The van der Waals surface area contributed by atoms with Crippen molar-refractivity contribution in [1.29, 1.82) is 0 Å². The van der Waals surface area contributed by atoms with Crippen molar-refractivity contribution in [2.24, 2.45) is 5.92 Å². The fourth-order valence-electron chi connectivity index (χ4n) is 6.69. The van der Waals surface area contributed by atoms with Gasteiger partial charge in [-0.3, -0.25) is 9.78 Å². The van der Waals surface area contributed by atoms with Gasteiger partial charge in [-0.05, 0) is 92.4 Å². The fourth-order valence-corrected chi connectivity index (χ4v) is 9.14. The normalized spacial score (nSPS) is 19.3. The zero-order chi connectivity index (χ0) is 31.5. The standard InChI is InChI=1S/C36H41N5O3S2/c1-24-8-10-28(38-22-24)34(25-12-15-40(16-13-25)17-19-43-2)39-26-9-11-31-33(21-26)45-32-7-3-5-27(35(32)46-31)30-23-41(18-20-44-30)29-6-4-14-37-36(29)42/h3-11,14,21-22,25,30,34,39H,12-13,15-20,23H2,1-2H3,(H,37,42). The van der Waals surface area contributed by atoms with Gasteiger partial charge in [0.15, 0.2) is 0 Å². The molecule has 2 N–H and O–H groups in total. The summed E-state index contributed by atoms with van der Waals surface area (Å²) < 4.78 is 11.6. The van der Waals surface area contributed by atoms with E-state index in [0.29, 0.717) is 31.3 Å². The van der Waals surface area contributed by atoms with E-state index in [0.717, 1.165) is 50.5 Å². The average molecular weight is 656 g/mol. The van der Waals surface area contributed by atoms with E-state index in [1.807, 2.05) is 41.9 Å². The first kappa shape index (κ1) is 31.3. The Morgan fingerprint density at radius 1 is 1.04 bits per heavy atom. The number of H-pyrrole nitrogens is 1. The average Bonchev–Trinajstić information content (AvgIpc) is 3.09. The van der Waals surface area contributed by atoms with Crippen molar-refractivity contribution < 1.29 is 9.47 Å². The molecule has 0 spiro atoms. The van der Waals surface area contributed by atoms with Crippen LogP contribution < -0.4 is 15.8 Å². The largest absolute Gasteiger partial charge is 0.383 e. The van der Waals surface area contributed by atoms with E-state index in [9.17, 15) is 4.79 Å². The number of aromatic nitrogens is 2. The Balaban J connectivity index is 1.09. The van der Waals surface area contributed by atoms with Gasteiger partial charge in [0.1, 0.15) is 11.8 Å². The first-order valence-corrected chi connectivity index (χ1v) is 17.8. The molecule has 5 heterocycles. The van der Waals surface area contributed by atoms with Crippen LogP contribution in [0.1, 0.15) is 41.8 Å². The number of aryl methyl sites for hydroxylation is 1. The number of ether oxygens (including phenoxy) is 2. The molecule has 2 fully saturated rings. The number of fused-ring (bicyclic) bond motifs is 2. The summed E-state index contributed by atoms with van der Waals surface area (Å²) in [7, 11) is 1.78. The van der Waals surface area contributed by atoms with Crippen molar-refractivity contribution in [3.05, 3.63) is 100 Å². The van der Waals surface area contributed by atoms with E-state index >= 15 is 0 Å². The molecule has 3 aliphatic rings. The minimum absolute atomic E-state index is 0.0607. The molecular formula is C36H41N5O3S2. The number of anilines is 2. The van der Waals surface area contributed by atoms with Crippen molar-refractivity contribution in [2.45, 2.75) is 51.5 Å². The molecule has 0 bridgehead atoms. The molecule has 0 radical (unpaired) electrons. The van der Waals surface area contributed by atoms with Crippen molar-refractivity contribution in [3.8, 4) is 0 Å². The topological polar surface area (TPSA) is 82.7 Å². The summed E-state index contributed by atoms with van der Waals surface area (Å²) in [6.07, 6.45) is 5.81. The molecule has 46 heavy (non-hydrogen) atoms. The molecule has 2 aromatic heterocycles. The highest BCUT2D eigenvalue weighted by atomic mass is 32.2. The molecule has 2 unspecified atom stereocenters. The number of methoxy groups -OCH3 is 1. The van der Waals surface area contributed by atoms with E-state index in [4.69, 9.17) is 14.5 Å². The third-order valence-electron chi connectivity index (χ3n) is 9.23. The molecule has 0 amide bonds. The lowest BCUT2D eigenvalue weighted by Crippen LogP contribution is -2.41. The first-order chi connectivity index (χ1) is 22.6. The number of piperidine rings is 1. The highest BCUT2D eigenvalue weighted by Crippen LogP contribution is 2.52. The summed E-state index contributed by atoms with van der Waals surface area (Å²) in [5.41, 5.74) is 5.23. The number of likely N-dealkylation sites (tertiary alicyclic amines) is 1. The molecule has 4 aromatic rings. The smallest absolute Gasteiger partial charge is 0.271 e. The van der Waals surface area contributed by atoms with Gasteiger partial charge in [-0.2, -0.15) is 0 Å². The predicted octanol–water partition coefficient (Wildman–Crippen LogP) is 6.78. The van der Waals surface area contributed by atoms with Crippen LogP contribution in [-0.4, -0.2) is 67.9 Å². The van der Waals surface area contributed by atoms with Crippen LogP contribution >= 0.6 is 23.5 Å². The minimum Gasteiger partial charge on any atom is -0.383 e. The van der Waals surface area contributed by atoms with Crippen LogP contribution in [0.25, 0.3) is 0 Å². The molecule has 2 saturated heterocycles. The van der Waals surface area contributed by atoms with Gasteiger partial charge in [0.25, 0.3) is 5.56 Å². The van der Waals surface area contributed by atoms with Gasteiger partial charge in [-0.1, -0.05) is 41.7 Å². The number of morpholine rings is 1. The lowest BCUT2D eigenvalue weighted by Gasteiger charge is -2.36. The van der Waals surface area contributed by atoms with Gasteiger partial charge in [-0.25, -0.2) is 0 Å². The monoisotopic (exact) mass is 655 g/mol. The molecular weight excluding hydrogens is 615 g/mol. The summed E-state index contributed by atoms with van der Waals surface area (Å²) >= 11 is 3.64. The third-order valence-corrected chi connectivity index (χ3v) is 11.8. The number of hydrogen-bond donors (Lipinski definition) is 2. The van der Waals surface area contributed by atoms with Gasteiger partial charge < -0.3 is 29.6 Å². The molecule has 3 aliphatic heterocycles. The van der Waals surface area contributed by atoms with Crippen LogP contribution in [0, 0.1) is 12.8 Å². The zero-order valence-electron chi connectivity index (χ0n) is 26.4. The summed E-state index contributed by atoms with van der Waals surface area (Å²) in [6, 6.07) is 21.6. The second kappa shape index (κ2) is 14.2. The molecule has 0 aliphatic carbocycles. The quantitative estimate of drug-likeness (QED) is 0.179. The molecule has 10 heteroatoms. The second-order valence-corrected chi connectivity index (χ2v) is 14.4. The molecule has 2 aromatic carbocycles. The molecule has 0 saturated carbocycles. The summed E-state index contributed by atoms with van der Waals surface area (Å²) in [5, 5.41) is 3.92. The van der Waals surface area contributed by atoms with Crippen molar-refractivity contribution in [1.82, 2.24) is 14.9 Å². The summed E-state index contributed by atoms with van der Waals surface area (Å²) in [4.78, 5) is 29.8. The first-order valence-electron chi connectivity index (χ1n) is 16.1. The van der Waals surface area contributed by atoms with E-state index in [2.05, 4.69) is 75.6 Å². The number of pyridine rings is 2. The Hall–Kier alpha value is -3.28. The van der Waals surface area contributed by atoms with Crippen LogP contribution in [-0.2, 0) is 9.47 Å². The number of nitrogens with one attached hydrogen (secondary N) is 2. The summed E-state index contributed by atoms with van der Waals surface area (Å²) in [5.74, 6) is 0.497. The van der Waals surface area contributed by atoms with Gasteiger partial charge in [0, 0.05) is 64.4 Å². The third kappa shape index (κ3) is 6.87. The fraction of sp³-hybridized carbons (Fsp3) is 0.389. The van der Waals surface area contributed by atoms with Gasteiger partial charge in [-0.15, -0.1) is 0 Å². The lowest BCUT2D eigenvalue weighted by atomic mass is 9.87. The molecule has 7 rings (SSSR count). The zero-order valence-corrected chi connectivity index (χ0v) is 28.0. The van der Waals surface area contributed by atoms with Crippen molar-refractivity contribution >= 4 is 34.9 Å². The predicted molar refractivity (Wildman–Crippen MR) is 185 cm³/mol. The maximum absolute atomic E-state index is 12.5. The van der Waals surface area contributed by atoms with Crippen LogP contribution in [0.3, 0.4) is 0 Å². The highest BCUT2D eigenvalue weighted by molar-refractivity contribution is 8.05. The van der Waals surface area contributed by atoms with Crippen molar-refractivity contribution in [2.75, 3.05) is 63.3 Å². The Bertz CT molecular complexity index is 1710. The molecule has 240 valence electrons. The van der Waals surface area contributed by atoms with Crippen molar-refractivity contribution in [3.63, 3.8) is 0 Å². The van der Waals surface area contributed by atoms with Crippen LogP contribution in [0.2, 0.25) is 0 Å². The Morgan fingerprint density at radius 3 is 2.74 bits per heavy atom. The minimum atomic E-state index is -0.109. The Kier molecular flexibility index (Phi) is 9.69. The van der Waals surface area contributed by atoms with Crippen LogP contribution in [0.15, 0.2) is 97.4 Å². The van der Waals surface area contributed by atoms with Gasteiger partial charge >= 0.3 is 0 Å². The maximum Gasteiger partial charge on any atom is 0.271 e. The van der Waals surface area contributed by atoms with Gasteiger partial charge in [0.2, 0.25) is 0 Å². The van der Waals surface area contributed by atoms with Crippen LogP contribution in [0.4, 0.5) is 11.4 Å². The van der Waals surface area contributed by atoms with Gasteiger partial charge in [0.05, 0.1) is 24.9 Å². The lowest BCUT2D eigenvalue weighted by molar-refractivity contribution is 0.0378. The maximum atomic E-state index is 12.5. The second-order valence-electron chi connectivity index (χ2n) is 12.3. The number of nitrogens with zero attached hydrogens (tertiary/aromatic N) is 3. The van der Waals surface area contributed by atoms with E-state index < -0.39 is 0 Å². The van der Waals surface area contributed by atoms with E-state index in [1.54, 1.807) is 13.3 Å². The number of rotatable bonds is 9. The van der Waals surface area contributed by atoms with E-state index in [-0.39, 0.29) is 17.7 Å². The highest BCUT2D eigenvalue weighted by Gasteiger charge is 2.31. The Labute approximate surface area is 279 Å². The van der Waals surface area contributed by atoms with E-state index in [1.165, 1.54) is 30.7 Å². The number of hydrogen-bond acceptors (Lipinski definition) is 9. The SMILES string of the molecule is COCCN1CCC(C(Nc2ccc3c(c2)Sc2cccc(C4CN(c5ccc[nH]c5=O)CCO4)c2S3)c2ccc(C)cn2)CC1.